The van der Waals surface area contributed by atoms with Crippen LogP contribution in [0.1, 0.15) is 51.9 Å². The van der Waals surface area contributed by atoms with E-state index in [1.54, 1.807) is 11.1 Å². The van der Waals surface area contributed by atoms with Crippen molar-refractivity contribution in [2.45, 2.75) is 51.9 Å². The predicted molar refractivity (Wildman–Crippen MR) is 57.6 cm³/mol. The molecule has 0 saturated heterocycles. The molecule has 0 aliphatic heterocycles. The third-order valence-electron chi connectivity index (χ3n) is 3.48. The van der Waals surface area contributed by atoms with Gasteiger partial charge in [0, 0.05) is 0 Å². The molecular weight excluding hydrogens is 156 g/mol. The quantitative estimate of drug-likeness (QED) is 0.560. The molecule has 72 valence electrons. The first kappa shape index (κ1) is 9.05. The lowest BCUT2D eigenvalue weighted by atomic mass is 9.79. The molecule has 0 nitrogen and oxygen atoms in total. The van der Waals surface area contributed by atoms with Crippen LogP contribution < -0.4 is 0 Å². The lowest BCUT2D eigenvalue weighted by Gasteiger charge is -2.26. The van der Waals surface area contributed by atoms with E-state index < -0.39 is 0 Å². The topological polar surface area (TPSA) is 0 Å². The molecule has 0 N–H and O–H groups in total. The molecule has 1 saturated carbocycles. The van der Waals surface area contributed by atoms with Gasteiger partial charge in [0.1, 0.15) is 0 Å². The zero-order valence-corrected chi connectivity index (χ0v) is 8.68. The second-order valence-corrected chi connectivity index (χ2v) is 4.46. The van der Waals surface area contributed by atoms with Gasteiger partial charge < -0.3 is 0 Å². The summed E-state index contributed by atoms with van der Waals surface area (Å²) in [5.41, 5.74) is 3.25. The molecule has 0 aromatic heterocycles. The Bertz CT molecular complexity index is 226. The van der Waals surface area contributed by atoms with Gasteiger partial charge in [0.05, 0.1) is 0 Å². The first-order chi connectivity index (χ1) is 6.38. The van der Waals surface area contributed by atoms with Crippen molar-refractivity contribution in [1.82, 2.24) is 0 Å². The Balaban J connectivity index is 2.05. The SMILES string of the molecule is CC1=CCCC=C1C1CCCCC1. The van der Waals surface area contributed by atoms with Gasteiger partial charge in [-0.25, -0.2) is 0 Å². The fraction of sp³-hybridized carbons (Fsp3) is 0.692. The molecule has 2 aliphatic rings. The van der Waals surface area contributed by atoms with Crippen LogP contribution in [0.4, 0.5) is 0 Å². The van der Waals surface area contributed by atoms with Crippen LogP contribution in [0, 0.1) is 5.92 Å². The Kier molecular flexibility index (Phi) is 2.87. The molecule has 0 radical (unpaired) electrons. The zero-order valence-electron chi connectivity index (χ0n) is 8.68. The van der Waals surface area contributed by atoms with Crippen molar-refractivity contribution < 1.29 is 0 Å². The van der Waals surface area contributed by atoms with Crippen molar-refractivity contribution in [1.29, 1.82) is 0 Å². The van der Waals surface area contributed by atoms with Crippen molar-refractivity contribution in [3.63, 3.8) is 0 Å². The van der Waals surface area contributed by atoms with E-state index in [1.165, 1.54) is 44.9 Å². The molecule has 2 aliphatic carbocycles. The summed E-state index contributed by atoms with van der Waals surface area (Å²) >= 11 is 0. The zero-order chi connectivity index (χ0) is 9.10. The highest BCUT2D eigenvalue weighted by molar-refractivity contribution is 5.34. The summed E-state index contributed by atoms with van der Waals surface area (Å²) in [6, 6.07) is 0. The lowest BCUT2D eigenvalue weighted by Crippen LogP contribution is -2.11. The summed E-state index contributed by atoms with van der Waals surface area (Å²) in [6.07, 6.45) is 14.7. The van der Waals surface area contributed by atoms with Crippen LogP contribution in [0.3, 0.4) is 0 Å². The smallest absolute Gasteiger partial charge is 0.0163 e. The van der Waals surface area contributed by atoms with Gasteiger partial charge in [-0.15, -0.1) is 0 Å². The van der Waals surface area contributed by atoms with Gasteiger partial charge >= 0.3 is 0 Å². The Morgan fingerprint density at radius 2 is 1.69 bits per heavy atom. The van der Waals surface area contributed by atoms with Crippen LogP contribution in [0.15, 0.2) is 23.3 Å². The number of hydrogen-bond acceptors (Lipinski definition) is 0. The minimum absolute atomic E-state index is 0.908. The van der Waals surface area contributed by atoms with E-state index in [0.29, 0.717) is 0 Å². The second kappa shape index (κ2) is 4.13. The van der Waals surface area contributed by atoms with Crippen molar-refractivity contribution in [3.05, 3.63) is 23.3 Å². The van der Waals surface area contributed by atoms with Crippen molar-refractivity contribution in [2.24, 2.45) is 5.92 Å². The first-order valence-electron chi connectivity index (χ1n) is 5.75. The lowest BCUT2D eigenvalue weighted by molar-refractivity contribution is 0.404. The van der Waals surface area contributed by atoms with E-state index in [1.807, 2.05) is 0 Å². The summed E-state index contributed by atoms with van der Waals surface area (Å²) in [6.45, 7) is 2.29. The average molecular weight is 176 g/mol. The molecule has 13 heavy (non-hydrogen) atoms. The van der Waals surface area contributed by atoms with E-state index in [0.717, 1.165) is 5.92 Å². The standard InChI is InChI=1S/C13H20/c1-11-7-5-6-10-13(11)12-8-3-2-4-9-12/h7,10,12H,2-6,8-9H2,1H3. The maximum absolute atomic E-state index is 2.49. The van der Waals surface area contributed by atoms with Gasteiger partial charge in [-0.3, -0.25) is 0 Å². The van der Waals surface area contributed by atoms with Crippen molar-refractivity contribution in [3.8, 4) is 0 Å². The van der Waals surface area contributed by atoms with Crippen molar-refractivity contribution >= 4 is 0 Å². The molecule has 0 unspecified atom stereocenters. The predicted octanol–water partition coefficient (Wildman–Crippen LogP) is 4.23. The van der Waals surface area contributed by atoms with Gasteiger partial charge in [-0.1, -0.05) is 37.0 Å². The van der Waals surface area contributed by atoms with Crippen LogP contribution in [0.25, 0.3) is 0 Å². The summed E-state index contributed by atoms with van der Waals surface area (Å²) in [5.74, 6) is 0.908. The fourth-order valence-electron chi connectivity index (χ4n) is 2.72. The first-order valence-corrected chi connectivity index (χ1v) is 5.75. The second-order valence-electron chi connectivity index (χ2n) is 4.46. The van der Waals surface area contributed by atoms with Gasteiger partial charge in [0.25, 0.3) is 0 Å². The van der Waals surface area contributed by atoms with Crippen LogP contribution in [-0.4, -0.2) is 0 Å². The fourth-order valence-corrected chi connectivity index (χ4v) is 2.72. The summed E-state index contributed by atoms with van der Waals surface area (Å²) in [5, 5.41) is 0. The molecule has 0 aromatic rings. The Morgan fingerprint density at radius 3 is 2.38 bits per heavy atom. The monoisotopic (exact) mass is 176 g/mol. The highest BCUT2D eigenvalue weighted by Gasteiger charge is 2.19. The van der Waals surface area contributed by atoms with Gasteiger partial charge in [-0.05, 0) is 44.1 Å². The van der Waals surface area contributed by atoms with Crippen LogP contribution >= 0.6 is 0 Å². The molecule has 0 heterocycles. The van der Waals surface area contributed by atoms with Gasteiger partial charge in [-0.2, -0.15) is 0 Å². The molecule has 1 fully saturated rings. The maximum atomic E-state index is 2.49. The van der Waals surface area contributed by atoms with Gasteiger partial charge in [0.15, 0.2) is 0 Å². The third-order valence-corrected chi connectivity index (χ3v) is 3.48. The maximum Gasteiger partial charge on any atom is -0.0163 e. The Morgan fingerprint density at radius 1 is 1.00 bits per heavy atom. The number of hydrogen-bond donors (Lipinski definition) is 0. The molecule has 0 amide bonds. The Labute approximate surface area is 81.7 Å². The van der Waals surface area contributed by atoms with Crippen molar-refractivity contribution in [2.75, 3.05) is 0 Å². The third kappa shape index (κ3) is 2.04. The Hall–Kier alpha value is -0.520. The summed E-state index contributed by atoms with van der Waals surface area (Å²) in [7, 11) is 0. The van der Waals surface area contributed by atoms with E-state index in [2.05, 4.69) is 19.1 Å². The molecular formula is C13H20. The highest BCUT2D eigenvalue weighted by atomic mass is 14.2. The molecule has 0 heteroatoms. The molecule has 2 rings (SSSR count). The molecule has 0 bridgehead atoms. The van der Waals surface area contributed by atoms with E-state index in [4.69, 9.17) is 0 Å². The van der Waals surface area contributed by atoms with Crippen LogP contribution in [0.5, 0.6) is 0 Å². The highest BCUT2D eigenvalue weighted by Crippen LogP contribution is 2.35. The minimum atomic E-state index is 0.908. The molecule has 0 aromatic carbocycles. The number of allylic oxidation sites excluding steroid dienone is 4. The summed E-state index contributed by atoms with van der Waals surface area (Å²) < 4.78 is 0. The normalized spacial score (nSPS) is 25.3. The summed E-state index contributed by atoms with van der Waals surface area (Å²) in [4.78, 5) is 0. The van der Waals surface area contributed by atoms with E-state index in [-0.39, 0.29) is 0 Å². The van der Waals surface area contributed by atoms with Gasteiger partial charge in [0.2, 0.25) is 0 Å². The number of rotatable bonds is 1. The van der Waals surface area contributed by atoms with E-state index >= 15 is 0 Å². The molecule has 0 spiro atoms. The minimum Gasteiger partial charge on any atom is -0.0810 e. The van der Waals surface area contributed by atoms with Crippen LogP contribution in [0.2, 0.25) is 0 Å². The largest absolute Gasteiger partial charge is 0.0810 e. The van der Waals surface area contributed by atoms with E-state index in [9.17, 15) is 0 Å². The molecule has 0 atom stereocenters. The van der Waals surface area contributed by atoms with Crippen LogP contribution in [-0.2, 0) is 0 Å². The average Bonchev–Trinajstić information content (AvgIpc) is 2.20.